The molecule has 0 radical (unpaired) electrons. The number of hydrogen-bond acceptors (Lipinski definition) is 5. The van der Waals surface area contributed by atoms with Crippen LogP contribution in [0.25, 0.3) is 0 Å². The van der Waals surface area contributed by atoms with Crippen molar-refractivity contribution >= 4 is 30.1 Å². The largest absolute Gasteiger partial charge is 0.494 e. The van der Waals surface area contributed by atoms with Crippen LogP contribution in [0.1, 0.15) is 59.4 Å². The summed E-state index contributed by atoms with van der Waals surface area (Å²) < 4.78 is 18.0. The summed E-state index contributed by atoms with van der Waals surface area (Å²) in [6.45, 7) is 12.0. The lowest BCUT2D eigenvalue weighted by molar-refractivity contribution is -0.145. The summed E-state index contributed by atoms with van der Waals surface area (Å²) in [6.07, 6.45) is 1.83. The Labute approximate surface area is 190 Å². The lowest BCUT2D eigenvalue weighted by atomic mass is 9.71. The molecule has 0 aliphatic carbocycles. The van der Waals surface area contributed by atoms with Gasteiger partial charge in [0.2, 0.25) is 5.91 Å². The van der Waals surface area contributed by atoms with Gasteiger partial charge in [0.15, 0.2) is 0 Å². The van der Waals surface area contributed by atoms with Crippen molar-refractivity contribution in [2.75, 3.05) is 25.0 Å². The number of nitrogens with zero attached hydrogens (tertiary/aromatic N) is 1. The number of anilines is 1. The number of carbonyl (C=O) groups is 2. The number of likely N-dealkylation sites (tertiary alicyclic amines) is 1. The highest BCUT2D eigenvalue weighted by atomic mass is 16.7. The van der Waals surface area contributed by atoms with Crippen LogP contribution in [-0.4, -0.2) is 60.8 Å². The van der Waals surface area contributed by atoms with E-state index in [1.54, 1.807) is 0 Å². The normalized spacial score (nSPS) is 30.0. The maximum Gasteiger partial charge on any atom is 0.494 e. The van der Waals surface area contributed by atoms with E-state index in [4.69, 9.17) is 14.0 Å². The van der Waals surface area contributed by atoms with E-state index in [0.29, 0.717) is 32.5 Å². The van der Waals surface area contributed by atoms with Gasteiger partial charge in [0.25, 0.3) is 5.91 Å². The van der Waals surface area contributed by atoms with Gasteiger partial charge in [-0.25, -0.2) is 0 Å². The fourth-order valence-electron chi connectivity index (χ4n) is 5.37. The standard InChI is InChI=1S/C24H33BN2O5/c1-15-8-13-30-19(15)20(28)27-11-9-24(10-12-27)17-7-6-16(14-18(17)26-21(24)29)25-31-22(2,3)23(4,5)32-25/h6-7,14-15,19H,8-13H2,1-5H3,(H,26,29)/t15-,19+/m0/s1. The van der Waals surface area contributed by atoms with Gasteiger partial charge in [0.1, 0.15) is 6.10 Å². The molecular formula is C24H33BN2O5. The third kappa shape index (κ3) is 3.22. The molecule has 0 aromatic heterocycles. The van der Waals surface area contributed by atoms with Gasteiger partial charge in [-0.2, -0.15) is 0 Å². The Morgan fingerprint density at radius 2 is 1.78 bits per heavy atom. The van der Waals surface area contributed by atoms with Crippen molar-refractivity contribution in [2.45, 2.75) is 76.6 Å². The van der Waals surface area contributed by atoms with Crippen LogP contribution >= 0.6 is 0 Å². The van der Waals surface area contributed by atoms with Crippen LogP contribution in [0, 0.1) is 5.92 Å². The second-order valence-corrected chi connectivity index (χ2v) is 10.8. The molecule has 4 aliphatic heterocycles. The lowest BCUT2D eigenvalue weighted by Gasteiger charge is -2.39. The molecule has 1 spiro atoms. The van der Waals surface area contributed by atoms with E-state index in [-0.39, 0.29) is 23.8 Å². The molecule has 2 atom stereocenters. The van der Waals surface area contributed by atoms with Gasteiger partial charge in [0.05, 0.1) is 16.6 Å². The number of rotatable bonds is 2. The predicted octanol–water partition coefficient (Wildman–Crippen LogP) is 2.22. The first-order valence-corrected chi connectivity index (χ1v) is 11.8. The molecule has 5 rings (SSSR count). The number of carbonyl (C=O) groups excluding carboxylic acids is 2. The molecule has 32 heavy (non-hydrogen) atoms. The summed E-state index contributed by atoms with van der Waals surface area (Å²) in [4.78, 5) is 27.9. The molecule has 2 amide bonds. The van der Waals surface area contributed by atoms with Gasteiger partial charge in [-0.15, -0.1) is 0 Å². The number of benzene rings is 1. The van der Waals surface area contributed by atoms with Crippen LogP contribution in [0.4, 0.5) is 5.69 Å². The van der Waals surface area contributed by atoms with Gasteiger partial charge in [-0.3, -0.25) is 9.59 Å². The van der Waals surface area contributed by atoms with Crippen LogP contribution in [0.15, 0.2) is 18.2 Å². The summed E-state index contributed by atoms with van der Waals surface area (Å²) in [5, 5.41) is 3.09. The van der Waals surface area contributed by atoms with Crippen molar-refractivity contribution in [2.24, 2.45) is 5.92 Å². The zero-order valence-electron chi connectivity index (χ0n) is 19.7. The van der Waals surface area contributed by atoms with Crippen molar-refractivity contribution in [1.29, 1.82) is 0 Å². The van der Waals surface area contributed by atoms with Crippen LogP contribution in [-0.2, 0) is 29.0 Å². The summed E-state index contributed by atoms with van der Waals surface area (Å²) in [5.41, 5.74) is 1.33. The highest BCUT2D eigenvalue weighted by molar-refractivity contribution is 6.62. The number of amides is 2. The topological polar surface area (TPSA) is 77.1 Å². The van der Waals surface area contributed by atoms with Crippen molar-refractivity contribution in [3.05, 3.63) is 23.8 Å². The Kier molecular flexibility index (Phi) is 5.00. The number of piperidine rings is 1. The van der Waals surface area contributed by atoms with E-state index < -0.39 is 23.7 Å². The SMILES string of the molecule is C[C@H]1CCO[C@H]1C(=O)N1CCC2(CC1)C(=O)Nc1cc(B3OC(C)(C)C(C)(C)O3)ccc12. The molecule has 0 unspecified atom stereocenters. The van der Waals surface area contributed by atoms with Gasteiger partial charge in [-0.1, -0.05) is 19.1 Å². The van der Waals surface area contributed by atoms with Crippen LogP contribution in [0.2, 0.25) is 0 Å². The van der Waals surface area contributed by atoms with E-state index in [2.05, 4.69) is 12.2 Å². The fraction of sp³-hybridized carbons (Fsp3) is 0.667. The minimum atomic E-state index is -0.581. The van der Waals surface area contributed by atoms with Crippen LogP contribution < -0.4 is 10.8 Å². The van der Waals surface area contributed by atoms with Gasteiger partial charge in [-0.05, 0) is 70.0 Å². The molecule has 3 fully saturated rings. The zero-order chi connectivity index (χ0) is 22.9. The van der Waals surface area contributed by atoms with E-state index in [9.17, 15) is 9.59 Å². The molecule has 0 bridgehead atoms. The Morgan fingerprint density at radius 1 is 1.12 bits per heavy atom. The Balaban J connectivity index is 1.33. The summed E-state index contributed by atoms with van der Waals surface area (Å²) in [6, 6.07) is 6.03. The summed E-state index contributed by atoms with van der Waals surface area (Å²) in [5.74, 6) is 0.345. The van der Waals surface area contributed by atoms with E-state index in [1.807, 2.05) is 50.8 Å². The van der Waals surface area contributed by atoms with Gasteiger partial charge < -0.3 is 24.3 Å². The number of hydrogen-bond donors (Lipinski definition) is 1. The highest BCUT2D eigenvalue weighted by Gasteiger charge is 2.53. The van der Waals surface area contributed by atoms with E-state index in [1.165, 1.54) is 0 Å². The molecule has 3 saturated heterocycles. The van der Waals surface area contributed by atoms with E-state index >= 15 is 0 Å². The third-order valence-corrected chi connectivity index (χ3v) is 8.33. The monoisotopic (exact) mass is 440 g/mol. The lowest BCUT2D eigenvalue weighted by Crippen LogP contribution is -2.51. The molecule has 172 valence electrons. The molecule has 1 aromatic carbocycles. The minimum absolute atomic E-state index is 0.0242. The average molecular weight is 440 g/mol. The molecule has 4 heterocycles. The van der Waals surface area contributed by atoms with Crippen molar-refractivity contribution < 1.29 is 23.6 Å². The molecule has 4 aliphatic rings. The molecule has 1 aromatic rings. The first-order chi connectivity index (χ1) is 15.0. The van der Waals surface area contributed by atoms with Crippen molar-refractivity contribution in [3.63, 3.8) is 0 Å². The second kappa shape index (κ2) is 7.30. The van der Waals surface area contributed by atoms with Crippen molar-refractivity contribution in [1.82, 2.24) is 4.90 Å². The maximum absolute atomic E-state index is 13.1. The zero-order valence-corrected chi connectivity index (χ0v) is 19.7. The average Bonchev–Trinajstić information content (AvgIpc) is 3.34. The molecule has 8 heteroatoms. The van der Waals surface area contributed by atoms with E-state index in [0.717, 1.165) is 23.1 Å². The van der Waals surface area contributed by atoms with Crippen LogP contribution in [0.3, 0.4) is 0 Å². The first kappa shape index (κ1) is 21.9. The number of nitrogens with one attached hydrogen (secondary N) is 1. The summed E-state index contributed by atoms with van der Waals surface area (Å²) >= 11 is 0. The van der Waals surface area contributed by atoms with Gasteiger partial charge >= 0.3 is 7.12 Å². The second-order valence-electron chi connectivity index (χ2n) is 10.8. The number of ether oxygens (including phenoxy) is 1. The maximum atomic E-state index is 13.1. The molecular weight excluding hydrogens is 407 g/mol. The Hall–Kier alpha value is -1.90. The quantitative estimate of drug-likeness (QED) is 0.714. The van der Waals surface area contributed by atoms with Crippen molar-refractivity contribution in [3.8, 4) is 0 Å². The van der Waals surface area contributed by atoms with Crippen LogP contribution in [0.5, 0.6) is 0 Å². The molecule has 0 saturated carbocycles. The smallest absolute Gasteiger partial charge is 0.399 e. The van der Waals surface area contributed by atoms with Gasteiger partial charge in [0, 0.05) is 25.4 Å². The minimum Gasteiger partial charge on any atom is -0.399 e. The summed E-state index contributed by atoms with van der Waals surface area (Å²) in [7, 11) is -0.466. The molecule has 1 N–H and O–H groups in total. The fourth-order valence-corrected chi connectivity index (χ4v) is 5.37. The third-order valence-electron chi connectivity index (χ3n) is 8.33. The Bertz CT molecular complexity index is 938. The molecule has 7 nitrogen and oxygen atoms in total. The predicted molar refractivity (Wildman–Crippen MR) is 122 cm³/mol. The Morgan fingerprint density at radius 3 is 2.38 bits per heavy atom. The highest BCUT2D eigenvalue weighted by Crippen LogP contribution is 2.45. The number of fused-ring (bicyclic) bond motifs is 2. The first-order valence-electron chi connectivity index (χ1n) is 11.8.